The predicted octanol–water partition coefficient (Wildman–Crippen LogP) is 3.04. The molecule has 7 nitrogen and oxygen atoms in total. The Morgan fingerprint density at radius 3 is 2.33 bits per heavy atom. The van der Waals surface area contributed by atoms with E-state index in [9.17, 15) is 13.2 Å². The van der Waals surface area contributed by atoms with E-state index in [4.69, 9.17) is 11.5 Å². The number of rotatable bonds is 2. The third-order valence-corrected chi connectivity index (χ3v) is 3.96. The standard InChI is InChI=1S/C17H12F3N7/c18-17(19,20)11-5-10(7-25-16(11)22)12-2-4-15-24-8-13(27(15)26-12)9-1-3-14(21)23-6-9/h1-8H,(H2,21,23)(H2,22,25). The Balaban J connectivity index is 1.85. The molecule has 0 saturated carbocycles. The maximum atomic E-state index is 13.1. The molecule has 0 saturated heterocycles. The molecular weight excluding hydrogens is 359 g/mol. The fraction of sp³-hybridized carbons (Fsp3) is 0.0588. The number of anilines is 2. The number of alkyl halides is 3. The van der Waals surface area contributed by atoms with Gasteiger partial charge in [-0.05, 0) is 30.3 Å². The first kappa shape index (κ1) is 16.8. The topological polar surface area (TPSA) is 108 Å². The Labute approximate surface area is 150 Å². The summed E-state index contributed by atoms with van der Waals surface area (Å²) in [4.78, 5) is 11.9. The molecule has 27 heavy (non-hydrogen) atoms. The van der Waals surface area contributed by atoms with E-state index < -0.39 is 17.6 Å². The highest BCUT2D eigenvalue weighted by Crippen LogP contribution is 2.34. The van der Waals surface area contributed by atoms with Crippen LogP contribution in [-0.2, 0) is 6.18 Å². The van der Waals surface area contributed by atoms with Crippen LogP contribution in [0.25, 0.3) is 28.2 Å². The zero-order valence-electron chi connectivity index (χ0n) is 13.6. The Morgan fingerprint density at radius 1 is 0.852 bits per heavy atom. The van der Waals surface area contributed by atoms with E-state index in [0.29, 0.717) is 28.4 Å². The lowest BCUT2D eigenvalue weighted by atomic mass is 10.1. The first-order valence-electron chi connectivity index (χ1n) is 7.73. The quantitative estimate of drug-likeness (QED) is 0.561. The average molecular weight is 371 g/mol. The number of aromatic nitrogens is 5. The highest BCUT2D eigenvalue weighted by Gasteiger charge is 2.34. The fourth-order valence-electron chi connectivity index (χ4n) is 2.62. The lowest BCUT2D eigenvalue weighted by Crippen LogP contribution is -2.10. The molecule has 0 aliphatic heterocycles. The Hall–Kier alpha value is -3.69. The number of nitrogens with two attached hydrogens (primary N) is 2. The predicted molar refractivity (Wildman–Crippen MR) is 93.3 cm³/mol. The van der Waals surface area contributed by atoms with E-state index in [2.05, 4.69) is 20.1 Å². The molecule has 0 unspecified atom stereocenters. The molecule has 4 aromatic rings. The van der Waals surface area contributed by atoms with Crippen LogP contribution in [0.2, 0.25) is 0 Å². The van der Waals surface area contributed by atoms with Crippen LogP contribution in [0.5, 0.6) is 0 Å². The summed E-state index contributed by atoms with van der Waals surface area (Å²) in [5.41, 5.74) is 12.3. The van der Waals surface area contributed by atoms with Gasteiger partial charge in [-0.3, -0.25) is 0 Å². The van der Waals surface area contributed by atoms with Gasteiger partial charge in [0.25, 0.3) is 0 Å². The highest BCUT2D eigenvalue weighted by molar-refractivity contribution is 5.67. The molecule has 0 aliphatic rings. The van der Waals surface area contributed by atoms with Gasteiger partial charge in [-0.2, -0.15) is 18.3 Å². The van der Waals surface area contributed by atoms with E-state index >= 15 is 0 Å². The van der Waals surface area contributed by atoms with Crippen molar-refractivity contribution < 1.29 is 13.2 Å². The first-order valence-corrected chi connectivity index (χ1v) is 7.73. The minimum Gasteiger partial charge on any atom is -0.384 e. The molecule has 0 fully saturated rings. The number of pyridine rings is 2. The summed E-state index contributed by atoms with van der Waals surface area (Å²) in [7, 11) is 0. The van der Waals surface area contributed by atoms with Crippen LogP contribution in [0.15, 0.2) is 48.9 Å². The Bertz CT molecular complexity index is 1130. The fourth-order valence-corrected chi connectivity index (χ4v) is 2.62. The SMILES string of the molecule is Nc1ccc(-c2cnc3ccc(-c4cnc(N)c(C(F)(F)F)c4)nn23)cn1. The van der Waals surface area contributed by atoms with E-state index in [1.807, 2.05) is 0 Å². The smallest absolute Gasteiger partial charge is 0.384 e. The van der Waals surface area contributed by atoms with Crippen LogP contribution in [0.3, 0.4) is 0 Å². The van der Waals surface area contributed by atoms with Crippen molar-refractivity contribution in [2.45, 2.75) is 6.18 Å². The second-order valence-corrected chi connectivity index (χ2v) is 5.76. The molecule has 136 valence electrons. The molecule has 0 bridgehead atoms. The number of hydrogen-bond donors (Lipinski definition) is 2. The van der Waals surface area contributed by atoms with Gasteiger partial charge in [0.05, 0.1) is 23.1 Å². The van der Waals surface area contributed by atoms with Gasteiger partial charge >= 0.3 is 6.18 Å². The summed E-state index contributed by atoms with van der Waals surface area (Å²) in [6.45, 7) is 0. The molecule has 0 radical (unpaired) electrons. The molecule has 4 rings (SSSR count). The Kier molecular flexibility index (Phi) is 3.69. The van der Waals surface area contributed by atoms with Crippen LogP contribution in [0, 0.1) is 0 Å². The van der Waals surface area contributed by atoms with Crippen molar-refractivity contribution in [1.82, 2.24) is 24.6 Å². The number of nitrogen functional groups attached to an aromatic ring is 2. The van der Waals surface area contributed by atoms with E-state index in [0.717, 1.165) is 6.07 Å². The van der Waals surface area contributed by atoms with Gasteiger partial charge in [0.1, 0.15) is 11.6 Å². The number of halogens is 3. The summed E-state index contributed by atoms with van der Waals surface area (Å²) in [6.07, 6.45) is -0.186. The van der Waals surface area contributed by atoms with Crippen molar-refractivity contribution >= 4 is 17.3 Å². The molecule has 0 spiro atoms. The molecule has 4 heterocycles. The van der Waals surface area contributed by atoms with E-state index in [-0.39, 0.29) is 5.56 Å². The average Bonchev–Trinajstić information content (AvgIpc) is 3.05. The van der Waals surface area contributed by atoms with Gasteiger partial charge in [-0.1, -0.05) is 0 Å². The summed E-state index contributed by atoms with van der Waals surface area (Å²) in [5, 5.41) is 4.40. The number of hydrogen-bond acceptors (Lipinski definition) is 6. The van der Waals surface area contributed by atoms with Crippen molar-refractivity contribution in [2.24, 2.45) is 0 Å². The zero-order chi connectivity index (χ0) is 19.2. The normalized spacial score (nSPS) is 11.8. The molecule has 0 aromatic carbocycles. The molecule has 4 N–H and O–H groups in total. The van der Waals surface area contributed by atoms with E-state index in [1.165, 1.54) is 10.7 Å². The van der Waals surface area contributed by atoms with Gasteiger partial charge < -0.3 is 11.5 Å². The summed E-state index contributed by atoms with van der Waals surface area (Å²) < 4.78 is 40.8. The Morgan fingerprint density at radius 2 is 1.63 bits per heavy atom. The third kappa shape index (κ3) is 3.01. The van der Waals surface area contributed by atoms with Gasteiger partial charge in [-0.25, -0.2) is 19.5 Å². The zero-order valence-corrected chi connectivity index (χ0v) is 13.6. The van der Waals surface area contributed by atoms with E-state index in [1.54, 1.807) is 36.7 Å². The van der Waals surface area contributed by atoms with Crippen LogP contribution in [0.4, 0.5) is 24.8 Å². The second-order valence-electron chi connectivity index (χ2n) is 5.76. The first-order chi connectivity index (χ1) is 12.8. The molecular formula is C17H12F3N7. The van der Waals surface area contributed by atoms with Crippen molar-refractivity contribution in [1.29, 1.82) is 0 Å². The van der Waals surface area contributed by atoms with Crippen LogP contribution in [0.1, 0.15) is 5.56 Å². The third-order valence-electron chi connectivity index (χ3n) is 3.96. The van der Waals surface area contributed by atoms with Crippen LogP contribution < -0.4 is 11.5 Å². The maximum Gasteiger partial charge on any atom is 0.419 e. The monoisotopic (exact) mass is 371 g/mol. The van der Waals surface area contributed by atoms with Crippen molar-refractivity contribution in [3.05, 3.63) is 54.5 Å². The second kappa shape index (κ2) is 5.94. The van der Waals surface area contributed by atoms with Crippen molar-refractivity contribution in [2.75, 3.05) is 11.5 Å². The molecule has 0 aliphatic carbocycles. The van der Waals surface area contributed by atoms with Gasteiger partial charge in [-0.15, -0.1) is 0 Å². The summed E-state index contributed by atoms with van der Waals surface area (Å²) >= 11 is 0. The highest BCUT2D eigenvalue weighted by atomic mass is 19.4. The summed E-state index contributed by atoms with van der Waals surface area (Å²) in [5.74, 6) is -0.211. The molecule has 10 heteroatoms. The number of imidazole rings is 1. The van der Waals surface area contributed by atoms with Crippen molar-refractivity contribution in [3.63, 3.8) is 0 Å². The molecule has 0 amide bonds. The lowest BCUT2D eigenvalue weighted by Gasteiger charge is -2.11. The summed E-state index contributed by atoms with van der Waals surface area (Å²) in [6, 6.07) is 7.55. The van der Waals surface area contributed by atoms with Crippen molar-refractivity contribution in [3.8, 4) is 22.5 Å². The molecule has 4 aromatic heterocycles. The van der Waals surface area contributed by atoms with Gasteiger partial charge in [0, 0.05) is 23.5 Å². The number of nitrogens with zero attached hydrogens (tertiary/aromatic N) is 5. The van der Waals surface area contributed by atoms with Gasteiger partial charge in [0.15, 0.2) is 5.65 Å². The lowest BCUT2D eigenvalue weighted by molar-refractivity contribution is -0.137. The number of fused-ring (bicyclic) bond motifs is 1. The maximum absolute atomic E-state index is 13.1. The largest absolute Gasteiger partial charge is 0.419 e. The minimum atomic E-state index is -4.60. The van der Waals surface area contributed by atoms with Crippen LogP contribution >= 0.6 is 0 Å². The minimum absolute atomic E-state index is 0.188. The van der Waals surface area contributed by atoms with Crippen LogP contribution in [-0.4, -0.2) is 24.6 Å². The molecule has 0 atom stereocenters. The van der Waals surface area contributed by atoms with Gasteiger partial charge in [0.2, 0.25) is 0 Å².